The monoisotopic (exact) mass is 400 g/mol. The van der Waals surface area contributed by atoms with E-state index >= 15 is 0 Å². The highest BCUT2D eigenvalue weighted by Gasteiger charge is 2.09. The summed E-state index contributed by atoms with van der Waals surface area (Å²) in [6.07, 6.45) is 20.7. The standard InChI is InChI=1S/C24H48O4/c1-2-3-4-5-6-7-8-11-14-17-22(25)20-21-23(26)18-15-12-9-10-13-16-19-24(27)28/h22-23,25-26H,2-21H2,1H3,(H,27,28). The molecule has 0 aliphatic heterocycles. The van der Waals surface area contributed by atoms with Gasteiger partial charge in [0.15, 0.2) is 0 Å². The third-order valence-electron chi connectivity index (χ3n) is 5.65. The van der Waals surface area contributed by atoms with Crippen LogP contribution in [0.4, 0.5) is 0 Å². The quantitative estimate of drug-likeness (QED) is 0.179. The van der Waals surface area contributed by atoms with Gasteiger partial charge in [-0.05, 0) is 32.1 Å². The van der Waals surface area contributed by atoms with Crippen molar-refractivity contribution in [1.82, 2.24) is 0 Å². The summed E-state index contributed by atoms with van der Waals surface area (Å²) >= 11 is 0. The van der Waals surface area contributed by atoms with Gasteiger partial charge in [-0.15, -0.1) is 0 Å². The predicted molar refractivity (Wildman–Crippen MR) is 118 cm³/mol. The Morgan fingerprint density at radius 2 is 0.929 bits per heavy atom. The van der Waals surface area contributed by atoms with E-state index in [9.17, 15) is 15.0 Å². The Balaban J connectivity index is 3.32. The summed E-state index contributed by atoms with van der Waals surface area (Å²) in [5.41, 5.74) is 0. The van der Waals surface area contributed by atoms with Gasteiger partial charge in [0.2, 0.25) is 0 Å². The van der Waals surface area contributed by atoms with Crippen LogP contribution in [-0.2, 0) is 4.79 Å². The molecule has 0 aromatic rings. The molecule has 0 fully saturated rings. The Morgan fingerprint density at radius 3 is 1.32 bits per heavy atom. The Morgan fingerprint density at radius 1 is 0.571 bits per heavy atom. The minimum atomic E-state index is -0.705. The van der Waals surface area contributed by atoms with Crippen LogP contribution in [0.5, 0.6) is 0 Å². The van der Waals surface area contributed by atoms with Crippen molar-refractivity contribution in [2.24, 2.45) is 0 Å². The number of rotatable bonds is 22. The number of carboxylic acid groups (broad SMARTS) is 1. The van der Waals surface area contributed by atoms with Crippen molar-refractivity contribution in [3.8, 4) is 0 Å². The topological polar surface area (TPSA) is 77.8 Å². The Hall–Kier alpha value is -0.610. The molecule has 0 amide bonds. The first kappa shape index (κ1) is 27.4. The largest absolute Gasteiger partial charge is 0.481 e. The number of hydrogen-bond acceptors (Lipinski definition) is 3. The van der Waals surface area contributed by atoms with Crippen molar-refractivity contribution in [3.63, 3.8) is 0 Å². The van der Waals surface area contributed by atoms with E-state index in [1.54, 1.807) is 0 Å². The first-order valence-electron chi connectivity index (χ1n) is 12.1. The lowest BCUT2D eigenvalue weighted by atomic mass is 10.00. The van der Waals surface area contributed by atoms with E-state index in [2.05, 4.69) is 6.92 Å². The Kier molecular flexibility index (Phi) is 20.6. The summed E-state index contributed by atoms with van der Waals surface area (Å²) in [6.45, 7) is 2.25. The van der Waals surface area contributed by atoms with Gasteiger partial charge < -0.3 is 15.3 Å². The van der Waals surface area contributed by atoms with Crippen molar-refractivity contribution < 1.29 is 20.1 Å². The number of carboxylic acids is 1. The lowest BCUT2D eigenvalue weighted by Crippen LogP contribution is -2.13. The van der Waals surface area contributed by atoms with Crippen LogP contribution in [0.1, 0.15) is 135 Å². The summed E-state index contributed by atoms with van der Waals surface area (Å²) in [6, 6.07) is 0. The van der Waals surface area contributed by atoms with Crippen LogP contribution in [0.3, 0.4) is 0 Å². The molecule has 4 heteroatoms. The van der Waals surface area contributed by atoms with Crippen molar-refractivity contribution in [2.45, 2.75) is 148 Å². The van der Waals surface area contributed by atoms with Gasteiger partial charge in [-0.2, -0.15) is 0 Å². The predicted octanol–water partition coefficient (Wildman–Crippen LogP) is 6.61. The normalized spacial score (nSPS) is 13.5. The number of hydrogen-bond donors (Lipinski definition) is 3. The zero-order valence-electron chi connectivity index (χ0n) is 18.5. The maximum Gasteiger partial charge on any atom is 0.303 e. The van der Waals surface area contributed by atoms with Crippen LogP contribution in [0.25, 0.3) is 0 Å². The van der Waals surface area contributed by atoms with Crippen LogP contribution in [0, 0.1) is 0 Å². The van der Waals surface area contributed by atoms with Gasteiger partial charge in [-0.1, -0.05) is 96.8 Å². The molecule has 0 rings (SSSR count). The van der Waals surface area contributed by atoms with Gasteiger partial charge in [-0.3, -0.25) is 4.79 Å². The lowest BCUT2D eigenvalue weighted by molar-refractivity contribution is -0.137. The molecule has 28 heavy (non-hydrogen) atoms. The molecule has 0 saturated carbocycles. The smallest absolute Gasteiger partial charge is 0.303 e. The van der Waals surface area contributed by atoms with Gasteiger partial charge in [0, 0.05) is 6.42 Å². The second-order valence-electron chi connectivity index (χ2n) is 8.56. The molecular weight excluding hydrogens is 352 g/mol. The molecule has 0 aromatic heterocycles. The fourth-order valence-corrected chi connectivity index (χ4v) is 3.73. The second kappa shape index (κ2) is 21.1. The van der Waals surface area contributed by atoms with E-state index in [1.165, 1.54) is 51.4 Å². The lowest BCUT2D eigenvalue weighted by Gasteiger charge is -2.14. The summed E-state index contributed by atoms with van der Waals surface area (Å²) in [4.78, 5) is 10.4. The van der Waals surface area contributed by atoms with E-state index in [4.69, 9.17) is 5.11 Å². The number of aliphatic hydroxyl groups excluding tert-OH is 2. The van der Waals surface area contributed by atoms with Crippen LogP contribution in [0.15, 0.2) is 0 Å². The minimum absolute atomic E-state index is 0.256. The average molecular weight is 401 g/mol. The highest BCUT2D eigenvalue weighted by atomic mass is 16.4. The summed E-state index contributed by atoms with van der Waals surface area (Å²) < 4.78 is 0. The molecule has 0 radical (unpaired) electrons. The third-order valence-corrected chi connectivity index (χ3v) is 5.65. The maximum absolute atomic E-state index is 10.4. The van der Waals surface area contributed by atoms with Gasteiger partial charge in [0.1, 0.15) is 0 Å². The fraction of sp³-hybridized carbons (Fsp3) is 0.958. The third kappa shape index (κ3) is 21.7. The first-order valence-corrected chi connectivity index (χ1v) is 12.1. The minimum Gasteiger partial charge on any atom is -0.481 e. The van der Waals surface area contributed by atoms with E-state index in [1.807, 2.05) is 0 Å². The molecule has 0 bridgehead atoms. The van der Waals surface area contributed by atoms with Crippen molar-refractivity contribution >= 4 is 5.97 Å². The maximum atomic E-state index is 10.4. The molecule has 0 aliphatic rings. The van der Waals surface area contributed by atoms with Crippen molar-refractivity contribution in [2.75, 3.05) is 0 Å². The molecule has 0 aromatic carbocycles. The van der Waals surface area contributed by atoms with Crippen LogP contribution in [-0.4, -0.2) is 33.5 Å². The Bertz CT molecular complexity index is 333. The molecule has 0 aliphatic carbocycles. The van der Waals surface area contributed by atoms with Gasteiger partial charge in [0.05, 0.1) is 12.2 Å². The Labute approximate surface area is 174 Å². The average Bonchev–Trinajstić information content (AvgIpc) is 2.66. The molecule has 4 nitrogen and oxygen atoms in total. The van der Waals surface area contributed by atoms with Crippen molar-refractivity contribution in [3.05, 3.63) is 0 Å². The van der Waals surface area contributed by atoms with E-state index in [0.717, 1.165) is 57.8 Å². The second-order valence-corrected chi connectivity index (χ2v) is 8.56. The van der Waals surface area contributed by atoms with Crippen LogP contribution >= 0.6 is 0 Å². The molecule has 0 saturated heterocycles. The van der Waals surface area contributed by atoms with Crippen molar-refractivity contribution in [1.29, 1.82) is 0 Å². The van der Waals surface area contributed by atoms with E-state index in [0.29, 0.717) is 12.8 Å². The van der Waals surface area contributed by atoms with Gasteiger partial charge in [0.25, 0.3) is 0 Å². The number of carbonyl (C=O) groups is 1. The van der Waals surface area contributed by atoms with Gasteiger partial charge in [-0.25, -0.2) is 0 Å². The molecule has 2 atom stereocenters. The van der Waals surface area contributed by atoms with Crippen LogP contribution in [0.2, 0.25) is 0 Å². The molecule has 0 spiro atoms. The molecule has 168 valence electrons. The number of aliphatic carboxylic acids is 1. The summed E-state index contributed by atoms with van der Waals surface area (Å²) in [7, 11) is 0. The van der Waals surface area contributed by atoms with Crippen LogP contribution < -0.4 is 0 Å². The van der Waals surface area contributed by atoms with E-state index in [-0.39, 0.29) is 18.6 Å². The van der Waals surface area contributed by atoms with Gasteiger partial charge >= 0.3 is 5.97 Å². The molecular formula is C24H48O4. The molecule has 0 heterocycles. The molecule has 2 unspecified atom stereocenters. The number of unbranched alkanes of at least 4 members (excludes halogenated alkanes) is 13. The highest BCUT2D eigenvalue weighted by Crippen LogP contribution is 2.16. The zero-order valence-corrected chi connectivity index (χ0v) is 18.5. The summed E-state index contributed by atoms with van der Waals surface area (Å²) in [5, 5.41) is 28.7. The highest BCUT2D eigenvalue weighted by molar-refractivity contribution is 5.66. The van der Waals surface area contributed by atoms with E-state index < -0.39 is 5.97 Å². The number of aliphatic hydroxyl groups is 2. The first-order chi connectivity index (χ1) is 13.6. The zero-order chi connectivity index (χ0) is 20.9. The molecule has 3 N–H and O–H groups in total. The summed E-state index contributed by atoms with van der Waals surface area (Å²) in [5.74, 6) is -0.705. The SMILES string of the molecule is CCCCCCCCCCCC(O)CCC(O)CCCCCCCCC(=O)O. The fourth-order valence-electron chi connectivity index (χ4n) is 3.73.